The number of aromatic nitrogens is 2. The van der Waals surface area contributed by atoms with Gasteiger partial charge in [0.15, 0.2) is 5.82 Å². The number of hydrogen-bond acceptors (Lipinski definition) is 3. The molecule has 0 bridgehead atoms. The molecule has 16 heavy (non-hydrogen) atoms. The number of nitrogens with one attached hydrogen (secondary N) is 1. The lowest BCUT2D eigenvalue weighted by molar-refractivity contribution is 0.122. The Balaban J connectivity index is 2.03. The predicted octanol–water partition coefficient (Wildman–Crippen LogP) is 2.05. The normalized spacial score (nSPS) is 16.9. The topological polar surface area (TPSA) is 41.1 Å². The van der Waals surface area contributed by atoms with Crippen LogP contribution in [0.3, 0.4) is 0 Å². The summed E-state index contributed by atoms with van der Waals surface area (Å²) in [5.74, 6) is 0.995. The highest BCUT2D eigenvalue weighted by Gasteiger charge is 2.16. The lowest BCUT2D eigenvalue weighted by Gasteiger charge is -2.26. The second-order valence-electron chi connectivity index (χ2n) is 3.84. The van der Waals surface area contributed by atoms with Crippen LogP contribution < -0.4 is 4.90 Å². The minimum absolute atomic E-state index is 0.727. The average Bonchev–Trinajstić information content (AvgIpc) is 2.73. The molecule has 1 aromatic heterocycles. The molecule has 0 aliphatic carbocycles. The van der Waals surface area contributed by atoms with Gasteiger partial charge in [0.1, 0.15) is 0 Å². The number of anilines is 1. The third-order valence-corrected chi connectivity index (χ3v) is 3.05. The van der Waals surface area contributed by atoms with Crippen LogP contribution in [0.25, 0.3) is 10.9 Å². The maximum absolute atomic E-state index is 5.93. The van der Waals surface area contributed by atoms with Crippen LogP contribution in [-0.2, 0) is 4.74 Å². The van der Waals surface area contributed by atoms with Crippen molar-refractivity contribution in [1.29, 1.82) is 0 Å². The molecule has 4 nitrogen and oxygen atoms in total. The Bertz CT molecular complexity index is 505. The summed E-state index contributed by atoms with van der Waals surface area (Å²) in [4.78, 5) is 2.23. The molecule has 1 aromatic carbocycles. The molecule has 2 heterocycles. The van der Waals surface area contributed by atoms with Gasteiger partial charge in [-0.25, -0.2) is 0 Å². The van der Waals surface area contributed by atoms with Gasteiger partial charge >= 0.3 is 0 Å². The zero-order valence-electron chi connectivity index (χ0n) is 8.74. The van der Waals surface area contributed by atoms with Crippen LogP contribution in [0.4, 0.5) is 5.82 Å². The van der Waals surface area contributed by atoms with Gasteiger partial charge in [0, 0.05) is 23.5 Å². The number of hydrogen-bond donors (Lipinski definition) is 1. The van der Waals surface area contributed by atoms with Gasteiger partial charge in [0.25, 0.3) is 0 Å². The molecular formula is C11H12ClN3O. The van der Waals surface area contributed by atoms with Gasteiger partial charge in [-0.05, 0) is 18.2 Å². The van der Waals surface area contributed by atoms with E-state index in [1.807, 2.05) is 18.2 Å². The summed E-state index contributed by atoms with van der Waals surface area (Å²) in [7, 11) is 0. The largest absolute Gasteiger partial charge is 0.378 e. The standard InChI is InChI=1S/C11H12ClN3O/c12-8-1-2-9-10(7-8)13-14-11(9)15-3-5-16-6-4-15/h1-2,7H,3-6H2,(H,13,14). The van der Waals surface area contributed by atoms with Crippen LogP contribution in [0, 0.1) is 0 Å². The number of H-pyrrole nitrogens is 1. The molecule has 0 saturated carbocycles. The minimum atomic E-state index is 0.727. The number of benzene rings is 1. The number of morpholine rings is 1. The predicted molar refractivity (Wildman–Crippen MR) is 64.1 cm³/mol. The Hall–Kier alpha value is -1.26. The van der Waals surface area contributed by atoms with E-state index in [0.717, 1.165) is 48.0 Å². The number of nitrogens with zero attached hydrogens (tertiary/aromatic N) is 2. The van der Waals surface area contributed by atoms with Crippen LogP contribution in [0.5, 0.6) is 0 Å². The van der Waals surface area contributed by atoms with Crippen molar-refractivity contribution in [2.24, 2.45) is 0 Å². The molecule has 1 N–H and O–H groups in total. The number of halogens is 1. The minimum Gasteiger partial charge on any atom is -0.378 e. The quantitative estimate of drug-likeness (QED) is 0.826. The van der Waals surface area contributed by atoms with Crippen LogP contribution in [0.1, 0.15) is 0 Å². The van der Waals surface area contributed by atoms with E-state index in [4.69, 9.17) is 16.3 Å². The number of fused-ring (bicyclic) bond motifs is 1. The van der Waals surface area contributed by atoms with Crippen molar-refractivity contribution in [3.05, 3.63) is 23.2 Å². The zero-order valence-corrected chi connectivity index (χ0v) is 9.50. The molecule has 0 amide bonds. The molecule has 3 rings (SSSR count). The highest BCUT2D eigenvalue weighted by molar-refractivity contribution is 6.31. The zero-order chi connectivity index (χ0) is 11.0. The summed E-state index contributed by atoms with van der Waals surface area (Å²) in [6, 6.07) is 5.79. The number of aromatic amines is 1. The Morgan fingerprint density at radius 3 is 2.94 bits per heavy atom. The van der Waals surface area contributed by atoms with Gasteiger partial charge in [0.2, 0.25) is 0 Å². The fourth-order valence-electron chi connectivity index (χ4n) is 1.99. The summed E-state index contributed by atoms with van der Waals surface area (Å²) >= 11 is 5.93. The highest BCUT2D eigenvalue weighted by atomic mass is 35.5. The molecule has 0 atom stereocenters. The van der Waals surface area contributed by atoms with Crippen molar-refractivity contribution < 1.29 is 4.74 Å². The maximum Gasteiger partial charge on any atom is 0.158 e. The van der Waals surface area contributed by atoms with Crippen molar-refractivity contribution >= 4 is 28.3 Å². The fraction of sp³-hybridized carbons (Fsp3) is 0.364. The van der Waals surface area contributed by atoms with E-state index in [9.17, 15) is 0 Å². The molecule has 2 aromatic rings. The van der Waals surface area contributed by atoms with Crippen molar-refractivity contribution in [1.82, 2.24) is 10.2 Å². The summed E-state index contributed by atoms with van der Waals surface area (Å²) in [5, 5.41) is 9.20. The molecule has 0 unspecified atom stereocenters. The summed E-state index contributed by atoms with van der Waals surface area (Å²) in [6.45, 7) is 3.31. The molecule has 1 fully saturated rings. The Labute approximate surface area is 98.1 Å². The lowest BCUT2D eigenvalue weighted by atomic mass is 10.2. The summed E-state index contributed by atoms with van der Waals surface area (Å²) < 4.78 is 5.33. The molecule has 0 spiro atoms. The summed E-state index contributed by atoms with van der Waals surface area (Å²) in [5.41, 5.74) is 0.981. The van der Waals surface area contributed by atoms with Gasteiger partial charge in [-0.15, -0.1) is 0 Å². The number of ether oxygens (including phenoxy) is 1. The van der Waals surface area contributed by atoms with Gasteiger partial charge in [0.05, 0.1) is 18.7 Å². The van der Waals surface area contributed by atoms with Crippen LogP contribution >= 0.6 is 11.6 Å². The lowest BCUT2D eigenvalue weighted by Crippen LogP contribution is -2.36. The SMILES string of the molecule is Clc1ccc2c(N3CCOCC3)n[nH]c2c1. The van der Waals surface area contributed by atoms with Gasteiger partial charge in [-0.1, -0.05) is 11.6 Å². The van der Waals surface area contributed by atoms with Crippen molar-refractivity contribution in [2.75, 3.05) is 31.2 Å². The van der Waals surface area contributed by atoms with E-state index in [1.54, 1.807) is 0 Å². The van der Waals surface area contributed by atoms with Crippen LogP contribution in [0.15, 0.2) is 18.2 Å². The van der Waals surface area contributed by atoms with Gasteiger partial charge in [-0.2, -0.15) is 5.10 Å². The highest BCUT2D eigenvalue weighted by Crippen LogP contribution is 2.26. The second kappa shape index (κ2) is 3.96. The van der Waals surface area contributed by atoms with E-state index in [0.29, 0.717) is 0 Å². The number of rotatable bonds is 1. The summed E-state index contributed by atoms with van der Waals surface area (Å²) in [6.07, 6.45) is 0. The molecular weight excluding hydrogens is 226 g/mol. The molecule has 5 heteroatoms. The van der Waals surface area contributed by atoms with E-state index >= 15 is 0 Å². The van der Waals surface area contributed by atoms with Crippen LogP contribution in [0.2, 0.25) is 5.02 Å². The Morgan fingerprint density at radius 2 is 2.12 bits per heavy atom. The van der Waals surface area contributed by atoms with Gasteiger partial charge < -0.3 is 9.64 Å². The third-order valence-electron chi connectivity index (χ3n) is 2.82. The first-order valence-corrected chi connectivity index (χ1v) is 5.69. The monoisotopic (exact) mass is 237 g/mol. The first-order chi connectivity index (χ1) is 7.84. The van der Waals surface area contributed by atoms with E-state index in [-0.39, 0.29) is 0 Å². The Morgan fingerprint density at radius 1 is 1.31 bits per heavy atom. The molecule has 1 aliphatic heterocycles. The average molecular weight is 238 g/mol. The smallest absolute Gasteiger partial charge is 0.158 e. The van der Waals surface area contributed by atoms with Crippen molar-refractivity contribution in [2.45, 2.75) is 0 Å². The third kappa shape index (κ3) is 1.64. The second-order valence-corrected chi connectivity index (χ2v) is 4.27. The van der Waals surface area contributed by atoms with Crippen molar-refractivity contribution in [3.8, 4) is 0 Å². The van der Waals surface area contributed by atoms with E-state index in [2.05, 4.69) is 15.1 Å². The van der Waals surface area contributed by atoms with Crippen molar-refractivity contribution in [3.63, 3.8) is 0 Å². The van der Waals surface area contributed by atoms with E-state index in [1.165, 1.54) is 0 Å². The molecule has 84 valence electrons. The molecule has 1 aliphatic rings. The maximum atomic E-state index is 5.93. The first-order valence-electron chi connectivity index (χ1n) is 5.31. The van der Waals surface area contributed by atoms with E-state index < -0.39 is 0 Å². The molecule has 1 saturated heterocycles. The van der Waals surface area contributed by atoms with Gasteiger partial charge in [-0.3, -0.25) is 5.10 Å². The first kappa shape index (κ1) is 9.93. The Kier molecular flexibility index (Phi) is 2.46. The fourth-order valence-corrected chi connectivity index (χ4v) is 2.17. The van der Waals surface area contributed by atoms with Crippen LogP contribution in [-0.4, -0.2) is 36.5 Å². The molecule has 0 radical (unpaired) electrons.